The summed E-state index contributed by atoms with van der Waals surface area (Å²) in [5.41, 5.74) is 4.30. The van der Waals surface area contributed by atoms with Crippen molar-refractivity contribution < 1.29 is 14.1 Å². The molecule has 0 aliphatic carbocycles. The van der Waals surface area contributed by atoms with Gasteiger partial charge in [-0.05, 0) is 18.4 Å². The van der Waals surface area contributed by atoms with Crippen LogP contribution >= 0.6 is 0 Å². The molecule has 1 aromatic carbocycles. The normalized spacial score (nSPS) is 18.6. The van der Waals surface area contributed by atoms with Crippen LogP contribution in [-0.4, -0.2) is 28.8 Å². The highest BCUT2D eigenvalue weighted by atomic mass is 19.1. The van der Waals surface area contributed by atoms with Crippen molar-refractivity contribution in [2.24, 2.45) is 5.92 Å². The summed E-state index contributed by atoms with van der Waals surface area (Å²) in [6.07, 6.45) is 0.836. The Hall–Kier alpha value is -2.18. The molecule has 1 unspecified atom stereocenters. The summed E-state index contributed by atoms with van der Waals surface area (Å²) in [7, 11) is 0. The van der Waals surface area contributed by atoms with Crippen molar-refractivity contribution in [3.63, 3.8) is 0 Å². The van der Waals surface area contributed by atoms with E-state index in [0.29, 0.717) is 19.0 Å². The zero-order valence-electron chi connectivity index (χ0n) is 10.4. The molecule has 7 heteroatoms. The minimum atomic E-state index is -0.826. The van der Waals surface area contributed by atoms with E-state index in [1.165, 1.54) is 4.90 Å². The van der Waals surface area contributed by atoms with E-state index in [1.807, 2.05) is 6.92 Å². The van der Waals surface area contributed by atoms with Gasteiger partial charge in [-0.1, -0.05) is 6.92 Å². The van der Waals surface area contributed by atoms with Crippen LogP contribution in [-0.2, 0) is 0 Å². The van der Waals surface area contributed by atoms with Crippen molar-refractivity contribution in [3.05, 3.63) is 33.6 Å². The average molecular weight is 267 g/mol. The van der Waals surface area contributed by atoms with Gasteiger partial charge >= 0.3 is 0 Å². The van der Waals surface area contributed by atoms with E-state index in [4.69, 9.17) is 5.73 Å². The SMILES string of the molecule is CC1CCN(C(=O)c2c(F)ccc([N+](=O)[O-])c2N)C1. The first kappa shape index (κ1) is 13.3. The predicted molar refractivity (Wildman–Crippen MR) is 67.2 cm³/mol. The van der Waals surface area contributed by atoms with Crippen molar-refractivity contribution in [3.8, 4) is 0 Å². The Balaban J connectivity index is 2.41. The highest BCUT2D eigenvalue weighted by molar-refractivity contribution is 6.01. The third-order valence-corrected chi connectivity index (χ3v) is 3.29. The fourth-order valence-corrected chi connectivity index (χ4v) is 2.24. The first-order valence-electron chi connectivity index (χ1n) is 5.93. The molecule has 6 nitrogen and oxygen atoms in total. The number of halogens is 1. The summed E-state index contributed by atoms with van der Waals surface area (Å²) in [5, 5.41) is 10.8. The van der Waals surface area contributed by atoms with Crippen LogP contribution in [0.2, 0.25) is 0 Å². The van der Waals surface area contributed by atoms with Crippen molar-refractivity contribution in [1.29, 1.82) is 0 Å². The number of nitro benzene ring substituents is 1. The number of carbonyl (C=O) groups excluding carboxylic acids is 1. The van der Waals surface area contributed by atoms with Crippen molar-refractivity contribution in [2.75, 3.05) is 18.8 Å². The molecule has 19 heavy (non-hydrogen) atoms. The van der Waals surface area contributed by atoms with Gasteiger partial charge in [0.2, 0.25) is 0 Å². The van der Waals surface area contributed by atoms with Gasteiger partial charge in [0.05, 0.1) is 4.92 Å². The number of carbonyl (C=O) groups is 1. The van der Waals surface area contributed by atoms with Gasteiger partial charge < -0.3 is 10.6 Å². The molecular weight excluding hydrogens is 253 g/mol. The van der Waals surface area contributed by atoms with Crippen LogP contribution in [0.25, 0.3) is 0 Å². The minimum absolute atomic E-state index is 0.340. The number of hydrogen-bond donors (Lipinski definition) is 1. The maximum atomic E-state index is 13.7. The third kappa shape index (κ3) is 2.35. The standard InChI is InChI=1S/C12H14FN3O3/c1-7-4-5-15(6-7)12(17)10-8(13)2-3-9(11(10)14)16(18)19/h2-3,7H,4-6,14H2,1H3. The summed E-state index contributed by atoms with van der Waals surface area (Å²) < 4.78 is 13.7. The first-order chi connectivity index (χ1) is 8.91. The zero-order valence-corrected chi connectivity index (χ0v) is 10.4. The van der Waals surface area contributed by atoms with Gasteiger partial charge in [0, 0.05) is 19.2 Å². The molecule has 1 amide bonds. The number of nitro groups is 1. The van der Waals surface area contributed by atoms with E-state index in [2.05, 4.69) is 0 Å². The van der Waals surface area contributed by atoms with Crippen LogP contribution in [0.4, 0.5) is 15.8 Å². The second-order valence-corrected chi connectivity index (χ2v) is 4.76. The Kier molecular flexibility index (Phi) is 3.37. The lowest BCUT2D eigenvalue weighted by Crippen LogP contribution is -2.30. The van der Waals surface area contributed by atoms with Gasteiger partial charge in [-0.25, -0.2) is 4.39 Å². The van der Waals surface area contributed by atoms with E-state index in [0.717, 1.165) is 18.6 Å². The Morgan fingerprint density at radius 1 is 1.58 bits per heavy atom. The Morgan fingerprint density at radius 2 is 2.26 bits per heavy atom. The molecule has 0 saturated carbocycles. The van der Waals surface area contributed by atoms with E-state index in [1.54, 1.807) is 0 Å². The fourth-order valence-electron chi connectivity index (χ4n) is 2.24. The van der Waals surface area contributed by atoms with Crippen LogP contribution in [0.15, 0.2) is 12.1 Å². The molecule has 1 aliphatic rings. The van der Waals surface area contributed by atoms with Crippen LogP contribution in [0.3, 0.4) is 0 Å². The molecule has 1 aliphatic heterocycles. The van der Waals surface area contributed by atoms with Crippen LogP contribution in [0.5, 0.6) is 0 Å². The topological polar surface area (TPSA) is 89.5 Å². The average Bonchev–Trinajstić information content (AvgIpc) is 2.75. The summed E-state index contributed by atoms with van der Waals surface area (Å²) in [5.74, 6) is -1.07. The van der Waals surface area contributed by atoms with Crippen LogP contribution < -0.4 is 5.73 Å². The summed E-state index contributed by atoms with van der Waals surface area (Å²) in [4.78, 5) is 23.7. The van der Waals surface area contributed by atoms with Crippen LogP contribution in [0.1, 0.15) is 23.7 Å². The molecule has 0 radical (unpaired) electrons. The highest BCUT2D eigenvalue weighted by Gasteiger charge is 2.30. The number of hydrogen-bond acceptors (Lipinski definition) is 4. The number of nitrogens with zero attached hydrogens (tertiary/aromatic N) is 2. The number of nitrogens with two attached hydrogens (primary N) is 1. The lowest BCUT2D eigenvalue weighted by atomic mass is 10.1. The lowest BCUT2D eigenvalue weighted by Gasteiger charge is -2.17. The van der Waals surface area contributed by atoms with Crippen molar-refractivity contribution in [1.82, 2.24) is 4.90 Å². The fraction of sp³-hybridized carbons (Fsp3) is 0.417. The number of anilines is 1. The second-order valence-electron chi connectivity index (χ2n) is 4.76. The minimum Gasteiger partial charge on any atom is -0.392 e. The van der Waals surface area contributed by atoms with Gasteiger partial charge in [-0.2, -0.15) is 0 Å². The molecule has 1 aromatic rings. The summed E-state index contributed by atoms with van der Waals surface area (Å²) in [6, 6.07) is 1.87. The Labute approximate surface area is 109 Å². The molecule has 0 spiro atoms. The maximum absolute atomic E-state index is 13.7. The number of likely N-dealkylation sites (tertiary alicyclic amines) is 1. The molecule has 1 atom stereocenters. The predicted octanol–water partition coefficient (Wildman–Crippen LogP) is 1.80. The van der Waals surface area contributed by atoms with Crippen molar-refractivity contribution >= 4 is 17.3 Å². The Bertz CT molecular complexity index is 547. The summed E-state index contributed by atoms with van der Waals surface area (Å²) in [6.45, 7) is 3.02. The molecule has 0 bridgehead atoms. The molecule has 0 aromatic heterocycles. The Morgan fingerprint density at radius 3 is 2.79 bits per heavy atom. The van der Waals surface area contributed by atoms with E-state index in [-0.39, 0.29) is 0 Å². The number of benzene rings is 1. The van der Waals surface area contributed by atoms with Gasteiger partial charge in [0.15, 0.2) is 0 Å². The number of nitrogen functional groups attached to an aromatic ring is 1. The number of rotatable bonds is 2. The summed E-state index contributed by atoms with van der Waals surface area (Å²) >= 11 is 0. The van der Waals surface area contributed by atoms with Crippen LogP contribution in [0, 0.1) is 21.8 Å². The number of amides is 1. The van der Waals surface area contributed by atoms with Gasteiger partial charge in [-0.15, -0.1) is 0 Å². The monoisotopic (exact) mass is 267 g/mol. The van der Waals surface area contributed by atoms with Gasteiger partial charge in [0.1, 0.15) is 17.1 Å². The maximum Gasteiger partial charge on any atom is 0.293 e. The zero-order chi connectivity index (χ0) is 14.2. The molecule has 1 heterocycles. The largest absolute Gasteiger partial charge is 0.392 e. The first-order valence-corrected chi connectivity index (χ1v) is 5.93. The van der Waals surface area contributed by atoms with Crippen molar-refractivity contribution in [2.45, 2.75) is 13.3 Å². The highest BCUT2D eigenvalue weighted by Crippen LogP contribution is 2.29. The quantitative estimate of drug-likeness (QED) is 0.502. The molecule has 102 valence electrons. The van der Waals surface area contributed by atoms with E-state index < -0.39 is 33.6 Å². The van der Waals surface area contributed by atoms with Gasteiger partial charge in [0.25, 0.3) is 11.6 Å². The molecule has 1 fully saturated rings. The molecule has 2 N–H and O–H groups in total. The third-order valence-electron chi connectivity index (χ3n) is 3.29. The molecular formula is C12H14FN3O3. The second kappa shape index (κ2) is 4.83. The van der Waals surface area contributed by atoms with E-state index >= 15 is 0 Å². The molecule has 1 saturated heterocycles. The molecule has 2 rings (SSSR count). The lowest BCUT2D eigenvalue weighted by molar-refractivity contribution is -0.384. The van der Waals surface area contributed by atoms with Gasteiger partial charge in [-0.3, -0.25) is 14.9 Å². The van der Waals surface area contributed by atoms with E-state index in [9.17, 15) is 19.3 Å². The smallest absolute Gasteiger partial charge is 0.293 e.